The Balaban J connectivity index is 1.34. The SMILES string of the molecule is C/C=C(\C)C(=O)O[C@H]1C[C@@H](OC(C)=O)[C@@]2(C(=O)OC)CO[C@@H]3[C@@H]2C12CO[C@@H](O)[C@H]2[C@](C)([C@]12O[C@@]1(C)[C@@H]1CC2O[C@@H]2OC=C[C@@]21O)[C@@H]3O. The summed E-state index contributed by atoms with van der Waals surface area (Å²) in [7, 11) is 1.22. The van der Waals surface area contributed by atoms with Crippen LogP contribution in [0, 0.1) is 34.0 Å². The zero-order chi connectivity index (χ0) is 33.7. The van der Waals surface area contributed by atoms with Crippen LogP contribution in [0.25, 0.3) is 0 Å². The van der Waals surface area contributed by atoms with E-state index in [0.717, 1.165) is 0 Å². The van der Waals surface area contributed by atoms with Crippen LogP contribution in [0.15, 0.2) is 24.0 Å². The van der Waals surface area contributed by atoms with Crippen LogP contribution >= 0.6 is 0 Å². The summed E-state index contributed by atoms with van der Waals surface area (Å²) in [5.74, 6) is -4.53. The molecule has 47 heavy (non-hydrogen) atoms. The van der Waals surface area contributed by atoms with Crippen LogP contribution in [0.4, 0.5) is 0 Å². The molecule has 0 aromatic heterocycles. The summed E-state index contributed by atoms with van der Waals surface area (Å²) in [4.78, 5) is 40.0. The molecule has 3 aliphatic carbocycles. The average Bonchev–Trinajstić information content (AvgIpc) is 3.43. The van der Waals surface area contributed by atoms with Crippen LogP contribution in [0.3, 0.4) is 0 Å². The van der Waals surface area contributed by atoms with E-state index >= 15 is 0 Å². The molecule has 258 valence electrons. The molecule has 1 spiro atoms. The molecular formula is C33H42O14. The highest BCUT2D eigenvalue weighted by molar-refractivity contribution is 5.88. The Morgan fingerprint density at radius 2 is 1.74 bits per heavy atom. The Bertz CT molecular complexity index is 1490. The van der Waals surface area contributed by atoms with Gasteiger partial charge >= 0.3 is 17.9 Å². The van der Waals surface area contributed by atoms with Gasteiger partial charge in [-0.25, -0.2) is 4.79 Å². The molecule has 0 amide bonds. The zero-order valence-electron chi connectivity index (χ0n) is 27.2. The number of aliphatic hydroxyl groups is 3. The van der Waals surface area contributed by atoms with E-state index in [1.165, 1.54) is 20.3 Å². The number of allylic oxidation sites excluding steroid dienone is 1. The van der Waals surface area contributed by atoms with E-state index in [1.807, 2.05) is 6.92 Å². The minimum Gasteiger partial charge on any atom is -0.469 e. The summed E-state index contributed by atoms with van der Waals surface area (Å²) in [6, 6.07) is 0. The molecule has 4 saturated heterocycles. The van der Waals surface area contributed by atoms with Crippen LogP contribution in [-0.2, 0) is 52.3 Å². The second kappa shape index (κ2) is 9.55. The van der Waals surface area contributed by atoms with Gasteiger partial charge in [-0.2, -0.15) is 0 Å². The van der Waals surface area contributed by atoms with Crippen molar-refractivity contribution in [1.29, 1.82) is 0 Å². The first-order valence-electron chi connectivity index (χ1n) is 16.2. The second-order valence-electron chi connectivity index (χ2n) is 15.0. The molecule has 8 aliphatic rings. The molecule has 0 radical (unpaired) electrons. The Morgan fingerprint density at radius 3 is 2.43 bits per heavy atom. The molecule has 14 heteroatoms. The maximum Gasteiger partial charge on any atom is 0.333 e. The maximum absolute atomic E-state index is 14.0. The number of ether oxygens (including phenoxy) is 8. The van der Waals surface area contributed by atoms with E-state index in [9.17, 15) is 29.7 Å². The third-order valence-corrected chi connectivity index (χ3v) is 13.6. The Kier molecular flexibility index (Phi) is 6.44. The number of carbonyl (C=O) groups is 3. The lowest BCUT2D eigenvalue weighted by Gasteiger charge is -2.65. The molecule has 3 N–H and O–H groups in total. The molecule has 5 aliphatic heterocycles. The van der Waals surface area contributed by atoms with Crippen molar-refractivity contribution in [1.82, 2.24) is 0 Å². The number of hydrogen-bond acceptors (Lipinski definition) is 14. The third kappa shape index (κ3) is 3.29. The number of esters is 3. The summed E-state index contributed by atoms with van der Waals surface area (Å²) in [6.07, 6.45) is -3.09. The zero-order valence-corrected chi connectivity index (χ0v) is 27.2. The lowest BCUT2D eigenvalue weighted by atomic mass is 9.38. The fraction of sp³-hybridized carbons (Fsp3) is 0.788. The highest BCUT2D eigenvalue weighted by Gasteiger charge is 2.95. The van der Waals surface area contributed by atoms with Crippen molar-refractivity contribution in [2.45, 2.75) is 107 Å². The van der Waals surface area contributed by atoms with E-state index in [0.29, 0.717) is 12.0 Å². The second-order valence-corrected chi connectivity index (χ2v) is 15.0. The van der Waals surface area contributed by atoms with Crippen molar-refractivity contribution in [2.24, 2.45) is 34.0 Å². The van der Waals surface area contributed by atoms with Gasteiger partial charge < -0.3 is 53.2 Å². The molecule has 2 unspecified atom stereocenters. The number of epoxide rings is 1. The van der Waals surface area contributed by atoms with Crippen LogP contribution in [0.5, 0.6) is 0 Å². The molecule has 0 aromatic rings. The van der Waals surface area contributed by atoms with Gasteiger partial charge in [-0.15, -0.1) is 0 Å². The molecule has 0 aromatic carbocycles. The number of methoxy groups -OCH3 is 1. The van der Waals surface area contributed by atoms with Gasteiger partial charge in [0.1, 0.15) is 28.8 Å². The monoisotopic (exact) mass is 662 g/mol. The van der Waals surface area contributed by atoms with Gasteiger partial charge in [0, 0.05) is 47.5 Å². The lowest BCUT2D eigenvalue weighted by molar-refractivity contribution is -0.302. The summed E-state index contributed by atoms with van der Waals surface area (Å²) in [5.41, 5.74) is -7.94. The van der Waals surface area contributed by atoms with E-state index in [1.54, 1.807) is 32.9 Å². The minimum atomic E-state index is -1.63. The number of hydrogen-bond donors (Lipinski definition) is 3. The van der Waals surface area contributed by atoms with Crippen molar-refractivity contribution >= 4 is 17.9 Å². The fourth-order valence-corrected chi connectivity index (χ4v) is 11.7. The predicted molar refractivity (Wildman–Crippen MR) is 153 cm³/mol. The molecule has 7 fully saturated rings. The normalized spacial score (nSPS) is 56.1. The van der Waals surface area contributed by atoms with Crippen molar-refractivity contribution in [3.05, 3.63) is 24.0 Å². The Hall–Kier alpha value is -2.59. The number of fused-ring (bicyclic) bond motifs is 7. The lowest BCUT2D eigenvalue weighted by Crippen LogP contribution is -2.77. The van der Waals surface area contributed by atoms with E-state index in [4.69, 9.17) is 37.9 Å². The largest absolute Gasteiger partial charge is 0.469 e. The van der Waals surface area contributed by atoms with Gasteiger partial charge in [0.15, 0.2) is 11.9 Å². The molecule has 16 atom stereocenters. The van der Waals surface area contributed by atoms with Crippen LogP contribution in [-0.4, -0.2) is 113 Å². The van der Waals surface area contributed by atoms with Crippen molar-refractivity contribution in [3.63, 3.8) is 0 Å². The molecule has 3 saturated carbocycles. The highest BCUT2D eigenvalue weighted by Crippen LogP contribution is 2.82. The summed E-state index contributed by atoms with van der Waals surface area (Å²) < 4.78 is 48.7. The number of aliphatic hydroxyl groups excluding tert-OH is 2. The quantitative estimate of drug-likeness (QED) is 0.157. The first kappa shape index (κ1) is 31.7. The van der Waals surface area contributed by atoms with E-state index in [2.05, 4.69) is 0 Å². The molecule has 2 bridgehead atoms. The first-order chi connectivity index (χ1) is 22.1. The first-order valence-corrected chi connectivity index (χ1v) is 16.2. The van der Waals surface area contributed by atoms with Crippen LogP contribution in [0.1, 0.15) is 47.5 Å². The van der Waals surface area contributed by atoms with Crippen molar-refractivity contribution in [2.75, 3.05) is 20.3 Å². The van der Waals surface area contributed by atoms with Crippen molar-refractivity contribution < 1.29 is 67.6 Å². The smallest absolute Gasteiger partial charge is 0.333 e. The van der Waals surface area contributed by atoms with Gasteiger partial charge in [0.05, 0.1) is 44.9 Å². The van der Waals surface area contributed by atoms with E-state index < -0.39 is 112 Å². The molecule has 14 nitrogen and oxygen atoms in total. The van der Waals surface area contributed by atoms with Gasteiger partial charge in [-0.1, -0.05) is 13.0 Å². The third-order valence-electron chi connectivity index (χ3n) is 13.6. The number of rotatable bonds is 5. The van der Waals surface area contributed by atoms with Gasteiger partial charge in [0.25, 0.3) is 0 Å². The van der Waals surface area contributed by atoms with Gasteiger partial charge in [-0.05, 0) is 33.3 Å². The maximum atomic E-state index is 14.0. The summed E-state index contributed by atoms with van der Waals surface area (Å²) in [6.45, 7) is 7.74. The molecule has 8 rings (SSSR count). The van der Waals surface area contributed by atoms with Crippen LogP contribution in [0.2, 0.25) is 0 Å². The Morgan fingerprint density at radius 1 is 1.00 bits per heavy atom. The average molecular weight is 663 g/mol. The molecule has 5 heterocycles. The predicted octanol–water partition coefficient (Wildman–Crippen LogP) is 0.254. The minimum absolute atomic E-state index is 0.128. The Labute approximate surface area is 271 Å². The van der Waals surface area contributed by atoms with Crippen molar-refractivity contribution in [3.8, 4) is 0 Å². The summed E-state index contributed by atoms with van der Waals surface area (Å²) >= 11 is 0. The number of carbonyl (C=O) groups excluding carboxylic acids is 3. The highest BCUT2D eigenvalue weighted by atomic mass is 16.7. The summed E-state index contributed by atoms with van der Waals surface area (Å²) in [5, 5.41) is 36.4. The van der Waals surface area contributed by atoms with E-state index in [-0.39, 0.29) is 19.6 Å². The van der Waals surface area contributed by atoms with Gasteiger partial charge in [-0.3, -0.25) is 9.59 Å². The topological polar surface area (TPSA) is 189 Å². The molecular weight excluding hydrogens is 620 g/mol. The fourth-order valence-electron chi connectivity index (χ4n) is 11.7. The standard InChI is InChI=1S/C33H42O14/c1-7-14(2)24(36)45-17-11-18(44-15(3)34)31(26(38)40-6)13-42-20-21(31)30(17)12-43-25(37)22(30)28(4,23(20)35)33-19-10-16(29(33,5)47-33)32(39)8-9-41-27(32)46-19/h7-9,16-23,25,27,35,37,39H,10-13H2,1-6H3/b14-7+/t16-,17-,18+,19?,20+,21+,22-,23+,25+,27-,28-,29-,30?,31-,32-,33-/m0/s1. The van der Waals surface area contributed by atoms with Gasteiger partial charge in [0.2, 0.25) is 6.29 Å². The van der Waals surface area contributed by atoms with Crippen LogP contribution < -0.4 is 0 Å².